The van der Waals surface area contributed by atoms with Gasteiger partial charge in [0.2, 0.25) is 0 Å². The van der Waals surface area contributed by atoms with Crippen LogP contribution in [0.2, 0.25) is 0 Å². The van der Waals surface area contributed by atoms with E-state index in [9.17, 15) is 9.18 Å². The zero-order valence-corrected chi connectivity index (χ0v) is 17.1. The molecular formula is C22H24FN3O3. The molecule has 1 unspecified atom stereocenters. The van der Waals surface area contributed by atoms with Crippen LogP contribution in [-0.4, -0.2) is 29.9 Å². The monoisotopic (exact) mass is 397 g/mol. The first-order valence-electron chi connectivity index (χ1n) is 9.20. The average molecular weight is 397 g/mol. The van der Waals surface area contributed by atoms with E-state index in [0.29, 0.717) is 34.1 Å². The Labute approximate surface area is 169 Å². The van der Waals surface area contributed by atoms with Crippen LogP contribution < -0.4 is 14.8 Å². The molecule has 0 aliphatic rings. The molecule has 7 heteroatoms. The quantitative estimate of drug-likeness (QED) is 0.679. The van der Waals surface area contributed by atoms with Gasteiger partial charge in [-0.25, -0.2) is 9.07 Å². The Morgan fingerprint density at radius 2 is 1.79 bits per heavy atom. The van der Waals surface area contributed by atoms with Crippen molar-refractivity contribution in [3.63, 3.8) is 0 Å². The predicted molar refractivity (Wildman–Crippen MR) is 108 cm³/mol. The van der Waals surface area contributed by atoms with E-state index >= 15 is 0 Å². The Kier molecular flexibility index (Phi) is 5.87. The van der Waals surface area contributed by atoms with Gasteiger partial charge in [0, 0.05) is 5.56 Å². The first-order chi connectivity index (χ1) is 13.8. The lowest BCUT2D eigenvalue weighted by atomic mass is 10.1. The molecule has 0 radical (unpaired) electrons. The van der Waals surface area contributed by atoms with Gasteiger partial charge in [-0.1, -0.05) is 0 Å². The molecule has 0 saturated heterocycles. The summed E-state index contributed by atoms with van der Waals surface area (Å²) in [7, 11) is 3.17. The Morgan fingerprint density at radius 1 is 1.10 bits per heavy atom. The van der Waals surface area contributed by atoms with Crippen molar-refractivity contribution in [3.05, 3.63) is 70.8 Å². The van der Waals surface area contributed by atoms with Crippen molar-refractivity contribution in [2.45, 2.75) is 26.8 Å². The third-order valence-corrected chi connectivity index (χ3v) is 4.84. The molecule has 6 nitrogen and oxygen atoms in total. The molecule has 2 aromatic carbocycles. The van der Waals surface area contributed by atoms with E-state index in [0.717, 1.165) is 5.56 Å². The number of rotatable bonds is 6. The molecule has 0 aliphatic heterocycles. The van der Waals surface area contributed by atoms with Crippen LogP contribution in [0.4, 0.5) is 4.39 Å². The van der Waals surface area contributed by atoms with Crippen LogP contribution in [0.25, 0.3) is 5.69 Å². The first kappa shape index (κ1) is 20.4. The number of hydrogen-bond acceptors (Lipinski definition) is 4. The highest BCUT2D eigenvalue weighted by atomic mass is 19.1. The van der Waals surface area contributed by atoms with Gasteiger partial charge < -0.3 is 14.8 Å². The second-order valence-corrected chi connectivity index (χ2v) is 6.74. The van der Waals surface area contributed by atoms with Gasteiger partial charge in [0.05, 0.1) is 42.9 Å². The standard InChI is InChI=1S/C22H24FN3O3/c1-13(19-12-18(28-4)10-11-20(19)29-5)24-22(27)21-14(2)25-26(15(21)3)17-8-6-16(23)7-9-17/h6-13H,1-5H3,(H,24,27). The summed E-state index contributed by atoms with van der Waals surface area (Å²) >= 11 is 0. The third kappa shape index (κ3) is 4.08. The van der Waals surface area contributed by atoms with E-state index in [1.807, 2.05) is 19.9 Å². The van der Waals surface area contributed by atoms with Crippen LogP contribution in [0, 0.1) is 19.7 Å². The minimum absolute atomic E-state index is 0.245. The maximum Gasteiger partial charge on any atom is 0.255 e. The number of nitrogens with zero attached hydrogens (tertiary/aromatic N) is 2. The van der Waals surface area contributed by atoms with Crippen LogP contribution in [0.15, 0.2) is 42.5 Å². The van der Waals surface area contributed by atoms with Gasteiger partial charge in [-0.05, 0) is 63.2 Å². The van der Waals surface area contributed by atoms with Gasteiger partial charge in [0.1, 0.15) is 17.3 Å². The van der Waals surface area contributed by atoms with Gasteiger partial charge >= 0.3 is 0 Å². The molecule has 3 aromatic rings. The van der Waals surface area contributed by atoms with Gasteiger partial charge in [-0.15, -0.1) is 0 Å². The highest BCUT2D eigenvalue weighted by molar-refractivity contribution is 5.96. The summed E-state index contributed by atoms with van der Waals surface area (Å²) in [5.74, 6) is 0.771. The molecule has 1 aromatic heterocycles. The van der Waals surface area contributed by atoms with E-state index < -0.39 is 0 Å². The molecule has 0 aliphatic carbocycles. The third-order valence-electron chi connectivity index (χ3n) is 4.84. The van der Waals surface area contributed by atoms with Crippen LogP contribution in [-0.2, 0) is 0 Å². The molecular weight excluding hydrogens is 373 g/mol. The molecule has 0 fully saturated rings. The van der Waals surface area contributed by atoms with E-state index in [1.54, 1.807) is 50.1 Å². The maximum atomic E-state index is 13.2. The zero-order valence-electron chi connectivity index (χ0n) is 17.1. The van der Waals surface area contributed by atoms with Crippen molar-refractivity contribution < 1.29 is 18.7 Å². The molecule has 152 valence electrons. The number of methoxy groups -OCH3 is 2. The SMILES string of the molecule is COc1ccc(OC)c(C(C)NC(=O)c2c(C)nn(-c3ccc(F)cc3)c2C)c1. The van der Waals surface area contributed by atoms with E-state index in [2.05, 4.69) is 10.4 Å². The zero-order chi connectivity index (χ0) is 21.1. The highest BCUT2D eigenvalue weighted by Crippen LogP contribution is 2.29. The lowest BCUT2D eigenvalue weighted by molar-refractivity contribution is 0.0938. The number of benzene rings is 2. The van der Waals surface area contributed by atoms with Crippen molar-refractivity contribution >= 4 is 5.91 Å². The fraction of sp³-hybridized carbons (Fsp3) is 0.273. The highest BCUT2D eigenvalue weighted by Gasteiger charge is 2.22. The van der Waals surface area contributed by atoms with E-state index in [1.165, 1.54) is 12.1 Å². The lowest BCUT2D eigenvalue weighted by Gasteiger charge is -2.18. The summed E-state index contributed by atoms with van der Waals surface area (Å²) in [5, 5.41) is 7.47. The summed E-state index contributed by atoms with van der Waals surface area (Å²) in [6.07, 6.45) is 0. The number of halogens is 1. The fourth-order valence-corrected chi connectivity index (χ4v) is 3.33. The number of hydrogen-bond donors (Lipinski definition) is 1. The van der Waals surface area contributed by atoms with Crippen molar-refractivity contribution in [1.82, 2.24) is 15.1 Å². The molecule has 1 atom stereocenters. The smallest absolute Gasteiger partial charge is 0.255 e. The molecule has 29 heavy (non-hydrogen) atoms. The molecule has 0 bridgehead atoms. The lowest BCUT2D eigenvalue weighted by Crippen LogP contribution is -2.28. The number of carbonyl (C=O) groups is 1. The summed E-state index contributed by atoms with van der Waals surface area (Å²) in [5.41, 5.74) is 3.25. The number of amides is 1. The largest absolute Gasteiger partial charge is 0.497 e. The van der Waals surface area contributed by atoms with Gasteiger partial charge in [-0.3, -0.25) is 4.79 Å². The van der Waals surface area contributed by atoms with Gasteiger partial charge in [0.15, 0.2) is 0 Å². The molecule has 1 N–H and O–H groups in total. The van der Waals surface area contributed by atoms with Crippen molar-refractivity contribution in [2.75, 3.05) is 14.2 Å². The molecule has 1 amide bonds. The van der Waals surface area contributed by atoms with Crippen LogP contribution in [0.3, 0.4) is 0 Å². The summed E-state index contributed by atoms with van der Waals surface area (Å²) in [6.45, 7) is 5.47. The summed E-state index contributed by atoms with van der Waals surface area (Å²) in [6, 6.07) is 11.1. The van der Waals surface area contributed by atoms with Crippen LogP contribution in [0.1, 0.15) is 40.3 Å². The number of aromatic nitrogens is 2. The van der Waals surface area contributed by atoms with Gasteiger partial charge in [0.25, 0.3) is 5.91 Å². The molecule has 3 rings (SSSR count). The maximum absolute atomic E-state index is 13.2. The number of carbonyl (C=O) groups excluding carboxylic acids is 1. The number of nitrogens with one attached hydrogen (secondary N) is 1. The number of ether oxygens (including phenoxy) is 2. The minimum Gasteiger partial charge on any atom is -0.497 e. The molecule has 0 spiro atoms. The fourth-order valence-electron chi connectivity index (χ4n) is 3.33. The Balaban J connectivity index is 1.89. The normalized spacial score (nSPS) is 11.8. The molecule has 1 heterocycles. The summed E-state index contributed by atoms with van der Waals surface area (Å²) in [4.78, 5) is 13.0. The van der Waals surface area contributed by atoms with Crippen LogP contribution >= 0.6 is 0 Å². The first-order valence-corrected chi connectivity index (χ1v) is 9.20. The second kappa shape index (κ2) is 8.34. The Bertz CT molecular complexity index is 1030. The predicted octanol–water partition coefficient (Wildman–Crippen LogP) is 4.14. The van der Waals surface area contributed by atoms with Crippen molar-refractivity contribution in [2.24, 2.45) is 0 Å². The summed E-state index contributed by atoms with van der Waals surface area (Å²) < 4.78 is 25.6. The van der Waals surface area contributed by atoms with Crippen molar-refractivity contribution in [1.29, 1.82) is 0 Å². The van der Waals surface area contributed by atoms with E-state index in [4.69, 9.17) is 9.47 Å². The minimum atomic E-state index is -0.325. The van der Waals surface area contributed by atoms with Crippen LogP contribution in [0.5, 0.6) is 11.5 Å². The average Bonchev–Trinajstić information content (AvgIpc) is 3.02. The topological polar surface area (TPSA) is 65.4 Å². The Morgan fingerprint density at radius 3 is 2.41 bits per heavy atom. The van der Waals surface area contributed by atoms with E-state index in [-0.39, 0.29) is 17.8 Å². The van der Waals surface area contributed by atoms with Crippen molar-refractivity contribution in [3.8, 4) is 17.2 Å². The molecule has 0 saturated carbocycles. The van der Waals surface area contributed by atoms with Gasteiger partial charge in [-0.2, -0.15) is 5.10 Å². The second-order valence-electron chi connectivity index (χ2n) is 6.74. The Hall–Kier alpha value is -3.35. The number of aryl methyl sites for hydroxylation is 1.